The number of aromatic nitrogens is 2. The molecule has 0 spiro atoms. The Morgan fingerprint density at radius 3 is 2.56 bits per heavy atom. The van der Waals surface area contributed by atoms with Crippen LogP contribution in [0.3, 0.4) is 0 Å². The lowest BCUT2D eigenvalue weighted by molar-refractivity contribution is 0.0981. The first kappa shape index (κ1) is 12.8. The number of halogens is 1. The van der Waals surface area contributed by atoms with Crippen LogP contribution in [0.2, 0.25) is 5.02 Å². The van der Waals surface area contributed by atoms with Crippen molar-refractivity contribution in [2.45, 2.75) is 26.3 Å². The van der Waals surface area contributed by atoms with Crippen LogP contribution in [-0.4, -0.2) is 15.6 Å². The molecule has 0 aliphatic rings. The fraction of sp³-hybridized carbons (Fsp3) is 0.286. The first-order valence-corrected chi connectivity index (χ1v) is 6.27. The molecule has 0 amide bonds. The van der Waals surface area contributed by atoms with E-state index in [4.69, 9.17) is 11.6 Å². The van der Waals surface area contributed by atoms with Crippen molar-refractivity contribution in [3.63, 3.8) is 0 Å². The summed E-state index contributed by atoms with van der Waals surface area (Å²) in [5, 5.41) is 4.85. The van der Waals surface area contributed by atoms with E-state index >= 15 is 0 Å². The molecule has 0 fully saturated rings. The number of ketones is 1. The molecule has 2 aromatic rings. The number of rotatable bonds is 4. The molecule has 0 saturated heterocycles. The number of benzene rings is 1. The molecule has 3 nitrogen and oxygen atoms in total. The number of hydrogen-bond donors (Lipinski definition) is 0. The normalized spacial score (nSPS) is 10.9. The van der Waals surface area contributed by atoms with E-state index in [-0.39, 0.29) is 11.8 Å². The van der Waals surface area contributed by atoms with Crippen molar-refractivity contribution < 1.29 is 4.79 Å². The standard InChI is InChI=1S/C14H15ClN2O/c1-10(2)17-13(7-8-16-17)14(18)9-11-3-5-12(15)6-4-11/h3-8,10H,9H2,1-2H3. The average molecular weight is 263 g/mol. The summed E-state index contributed by atoms with van der Waals surface area (Å²) in [7, 11) is 0. The van der Waals surface area contributed by atoms with Gasteiger partial charge in [-0.3, -0.25) is 9.48 Å². The second kappa shape index (κ2) is 5.36. The molecule has 0 aliphatic heterocycles. The van der Waals surface area contributed by atoms with E-state index in [1.807, 2.05) is 26.0 Å². The molecule has 0 saturated carbocycles. The minimum Gasteiger partial charge on any atom is -0.292 e. The van der Waals surface area contributed by atoms with Crippen LogP contribution in [0.25, 0.3) is 0 Å². The Morgan fingerprint density at radius 1 is 1.28 bits per heavy atom. The van der Waals surface area contributed by atoms with Gasteiger partial charge in [-0.15, -0.1) is 0 Å². The zero-order valence-electron chi connectivity index (χ0n) is 10.4. The van der Waals surface area contributed by atoms with Crippen LogP contribution >= 0.6 is 11.6 Å². The summed E-state index contributed by atoms with van der Waals surface area (Å²) >= 11 is 5.82. The molecule has 0 radical (unpaired) electrons. The van der Waals surface area contributed by atoms with Crippen molar-refractivity contribution in [1.82, 2.24) is 9.78 Å². The molecule has 1 aromatic heterocycles. The minimum absolute atomic E-state index is 0.0727. The van der Waals surface area contributed by atoms with Crippen molar-refractivity contribution in [2.75, 3.05) is 0 Å². The van der Waals surface area contributed by atoms with Crippen molar-refractivity contribution in [2.24, 2.45) is 0 Å². The van der Waals surface area contributed by atoms with Crippen LogP contribution in [0.1, 0.15) is 35.9 Å². The molecule has 0 bridgehead atoms. The number of nitrogens with zero attached hydrogens (tertiary/aromatic N) is 2. The lowest BCUT2D eigenvalue weighted by atomic mass is 10.1. The summed E-state index contributed by atoms with van der Waals surface area (Å²) in [6.45, 7) is 4.01. The second-order valence-corrected chi connectivity index (χ2v) is 4.92. The van der Waals surface area contributed by atoms with E-state index in [1.54, 1.807) is 29.1 Å². The van der Waals surface area contributed by atoms with Gasteiger partial charge in [0.15, 0.2) is 5.78 Å². The maximum atomic E-state index is 12.2. The lowest BCUT2D eigenvalue weighted by Gasteiger charge is -2.10. The number of carbonyl (C=O) groups excluding carboxylic acids is 1. The maximum absolute atomic E-state index is 12.2. The number of carbonyl (C=O) groups is 1. The highest BCUT2D eigenvalue weighted by Crippen LogP contribution is 2.14. The zero-order valence-corrected chi connectivity index (χ0v) is 11.2. The SMILES string of the molecule is CC(C)n1nccc1C(=O)Cc1ccc(Cl)cc1. The minimum atomic E-state index is 0.0727. The fourth-order valence-electron chi connectivity index (χ4n) is 1.82. The van der Waals surface area contributed by atoms with Crippen LogP contribution in [0.15, 0.2) is 36.5 Å². The molecule has 94 valence electrons. The fourth-order valence-corrected chi connectivity index (χ4v) is 1.95. The predicted octanol–water partition coefficient (Wildman–Crippen LogP) is 3.54. The summed E-state index contributed by atoms with van der Waals surface area (Å²) < 4.78 is 1.75. The molecule has 1 heterocycles. The third-order valence-corrected chi connectivity index (χ3v) is 2.98. The molecule has 4 heteroatoms. The van der Waals surface area contributed by atoms with Crippen molar-refractivity contribution in [3.8, 4) is 0 Å². The molecule has 1 aromatic carbocycles. The van der Waals surface area contributed by atoms with Crippen molar-refractivity contribution in [3.05, 3.63) is 52.8 Å². The highest BCUT2D eigenvalue weighted by molar-refractivity contribution is 6.30. The molecule has 0 aliphatic carbocycles. The van der Waals surface area contributed by atoms with E-state index in [0.717, 1.165) is 5.56 Å². The highest BCUT2D eigenvalue weighted by atomic mass is 35.5. The summed E-state index contributed by atoms with van der Waals surface area (Å²) in [6.07, 6.45) is 2.03. The van der Waals surface area contributed by atoms with Gasteiger partial charge >= 0.3 is 0 Å². The van der Waals surface area contributed by atoms with Gasteiger partial charge in [0.05, 0.1) is 0 Å². The Bertz CT molecular complexity index is 543. The van der Waals surface area contributed by atoms with Gasteiger partial charge in [0.25, 0.3) is 0 Å². The quantitative estimate of drug-likeness (QED) is 0.790. The van der Waals surface area contributed by atoms with Gasteiger partial charge in [-0.1, -0.05) is 23.7 Å². The van der Waals surface area contributed by atoms with Crippen LogP contribution in [0.5, 0.6) is 0 Å². The first-order valence-electron chi connectivity index (χ1n) is 5.89. The maximum Gasteiger partial charge on any atom is 0.185 e. The molecular weight excluding hydrogens is 248 g/mol. The molecule has 0 atom stereocenters. The second-order valence-electron chi connectivity index (χ2n) is 4.48. The van der Waals surface area contributed by atoms with Gasteiger partial charge < -0.3 is 0 Å². The topological polar surface area (TPSA) is 34.9 Å². The van der Waals surface area contributed by atoms with Gasteiger partial charge in [0, 0.05) is 23.7 Å². The van der Waals surface area contributed by atoms with E-state index in [1.165, 1.54) is 0 Å². The predicted molar refractivity (Wildman–Crippen MR) is 72.1 cm³/mol. The summed E-state index contributed by atoms with van der Waals surface area (Å²) in [5.74, 6) is 0.0727. The monoisotopic (exact) mass is 262 g/mol. The Kier molecular flexibility index (Phi) is 3.82. The third-order valence-electron chi connectivity index (χ3n) is 2.72. The first-order chi connectivity index (χ1) is 8.58. The zero-order chi connectivity index (χ0) is 13.1. The van der Waals surface area contributed by atoms with E-state index < -0.39 is 0 Å². The van der Waals surface area contributed by atoms with Crippen molar-refractivity contribution >= 4 is 17.4 Å². The van der Waals surface area contributed by atoms with Crippen LogP contribution < -0.4 is 0 Å². The van der Waals surface area contributed by atoms with E-state index in [0.29, 0.717) is 17.1 Å². The Morgan fingerprint density at radius 2 is 1.94 bits per heavy atom. The van der Waals surface area contributed by atoms with E-state index in [2.05, 4.69) is 5.10 Å². The molecular formula is C14H15ClN2O. The van der Waals surface area contributed by atoms with Crippen molar-refractivity contribution in [1.29, 1.82) is 0 Å². The summed E-state index contributed by atoms with van der Waals surface area (Å²) in [4.78, 5) is 12.2. The lowest BCUT2D eigenvalue weighted by Crippen LogP contribution is -2.14. The van der Waals surface area contributed by atoms with E-state index in [9.17, 15) is 4.79 Å². The average Bonchev–Trinajstić information content (AvgIpc) is 2.81. The van der Waals surface area contributed by atoms with Gasteiger partial charge in [-0.05, 0) is 37.6 Å². The summed E-state index contributed by atoms with van der Waals surface area (Å²) in [5.41, 5.74) is 1.61. The van der Waals surface area contributed by atoms with Gasteiger partial charge in [-0.25, -0.2) is 0 Å². The highest BCUT2D eigenvalue weighted by Gasteiger charge is 2.14. The van der Waals surface area contributed by atoms with Crippen LogP contribution in [0, 0.1) is 0 Å². The molecule has 0 unspecified atom stereocenters. The Labute approximate surface area is 111 Å². The molecule has 0 N–H and O–H groups in total. The Balaban J connectivity index is 2.17. The largest absolute Gasteiger partial charge is 0.292 e. The number of hydrogen-bond acceptors (Lipinski definition) is 2. The Hall–Kier alpha value is -1.61. The van der Waals surface area contributed by atoms with Gasteiger partial charge in [0.2, 0.25) is 0 Å². The smallest absolute Gasteiger partial charge is 0.185 e. The molecule has 18 heavy (non-hydrogen) atoms. The van der Waals surface area contributed by atoms with Crippen LogP contribution in [-0.2, 0) is 6.42 Å². The van der Waals surface area contributed by atoms with Gasteiger partial charge in [0.1, 0.15) is 5.69 Å². The number of Topliss-reactive ketones (excluding diaryl/α,β-unsaturated/α-hetero) is 1. The third kappa shape index (κ3) is 2.79. The summed E-state index contributed by atoms with van der Waals surface area (Å²) in [6, 6.07) is 9.28. The molecule has 2 rings (SSSR count). The van der Waals surface area contributed by atoms with Crippen LogP contribution in [0.4, 0.5) is 0 Å². The van der Waals surface area contributed by atoms with Gasteiger partial charge in [-0.2, -0.15) is 5.10 Å².